The molecule has 0 aliphatic carbocycles. The Morgan fingerprint density at radius 1 is 0.861 bits per heavy atom. The third-order valence-electron chi connectivity index (χ3n) is 6.12. The Balaban J connectivity index is 1.91. The number of rotatable bonds is 11. The first kappa shape index (κ1) is 27.0. The molecule has 0 spiro atoms. The smallest absolute Gasteiger partial charge is 0.261 e. The second-order valence-corrected chi connectivity index (χ2v) is 9.91. The minimum Gasteiger partial charge on any atom is -0.483 e. The second-order valence-electron chi connectivity index (χ2n) is 9.91. The van der Waals surface area contributed by atoms with Crippen LogP contribution in [0.2, 0.25) is 0 Å². The Morgan fingerprint density at radius 3 is 2.19 bits per heavy atom. The van der Waals surface area contributed by atoms with E-state index in [0.717, 1.165) is 27.8 Å². The highest BCUT2D eigenvalue weighted by Gasteiger charge is 2.30. The van der Waals surface area contributed by atoms with Crippen LogP contribution in [0.25, 0.3) is 0 Å². The molecule has 36 heavy (non-hydrogen) atoms. The van der Waals surface area contributed by atoms with Crippen LogP contribution in [0.5, 0.6) is 5.75 Å². The zero-order chi connectivity index (χ0) is 26.1. The monoisotopic (exact) mass is 486 g/mol. The van der Waals surface area contributed by atoms with Gasteiger partial charge in [-0.2, -0.15) is 0 Å². The highest BCUT2D eigenvalue weighted by molar-refractivity contribution is 5.88. The molecule has 0 radical (unpaired) electrons. The van der Waals surface area contributed by atoms with E-state index in [1.807, 2.05) is 93.6 Å². The summed E-state index contributed by atoms with van der Waals surface area (Å²) in [5.74, 6) is 0.611. The molecule has 5 heteroatoms. The first-order chi connectivity index (χ1) is 17.2. The number of nitrogens with one attached hydrogen (secondary N) is 1. The number of carbonyl (C=O) groups excluding carboxylic acids is 2. The van der Waals surface area contributed by atoms with Crippen LogP contribution < -0.4 is 10.1 Å². The maximum Gasteiger partial charge on any atom is 0.261 e. The number of aryl methyl sites for hydroxylation is 3. The summed E-state index contributed by atoms with van der Waals surface area (Å²) in [4.78, 5) is 28.8. The van der Waals surface area contributed by atoms with E-state index in [1.54, 1.807) is 4.90 Å². The van der Waals surface area contributed by atoms with Gasteiger partial charge >= 0.3 is 0 Å². The molecule has 1 unspecified atom stereocenters. The largest absolute Gasteiger partial charge is 0.483 e. The third kappa shape index (κ3) is 7.98. The Hall–Kier alpha value is -3.60. The molecule has 0 aromatic heterocycles. The third-order valence-corrected chi connectivity index (χ3v) is 6.12. The molecule has 0 aliphatic rings. The number of amides is 2. The summed E-state index contributed by atoms with van der Waals surface area (Å²) in [6, 6.07) is 23.2. The minimum absolute atomic E-state index is 0.140. The van der Waals surface area contributed by atoms with Gasteiger partial charge in [-0.3, -0.25) is 9.59 Å². The molecule has 2 amide bonds. The molecule has 1 N–H and O–H groups in total. The average Bonchev–Trinajstić information content (AvgIpc) is 2.86. The molecular formula is C31H38N2O3. The standard InChI is InChI=1S/C31H38N2O3/c1-22(2)19-32-31(35)28(18-26-9-7-6-8-10-26)33(20-27-15-12-23(3)13-16-27)30(34)21-36-29-17-24(4)11-14-25(29)5/h6-17,22,28H,18-21H2,1-5H3,(H,32,35). The normalized spacial score (nSPS) is 11.7. The van der Waals surface area contributed by atoms with Gasteiger partial charge in [0.2, 0.25) is 5.91 Å². The average molecular weight is 487 g/mol. The maximum absolute atomic E-state index is 13.7. The lowest BCUT2D eigenvalue weighted by Crippen LogP contribution is -2.52. The molecule has 5 nitrogen and oxygen atoms in total. The summed E-state index contributed by atoms with van der Waals surface area (Å²) >= 11 is 0. The van der Waals surface area contributed by atoms with E-state index in [2.05, 4.69) is 19.2 Å². The molecule has 3 aromatic carbocycles. The van der Waals surface area contributed by atoms with Crippen molar-refractivity contribution in [2.45, 2.75) is 53.6 Å². The van der Waals surface area contributed by atoms with E-state index in [4.69, 9.17) is 4.74 Å². The van der Waals surface area contributed by atoms with Gasteiger partial charge in [0.05, 0.1) is 0 Å². The number of ether oxygens (including phenoxy) is 1. The molecule has 0 saturated carbocycles. The van der Waals surface area contributed by atoms with Crippen LogP contribution in [0.15, 0.2) is 72.8 Å². The minimum atomic E-state index is -0.665. The van der Waals surface area contributed by atoms with Crippen molar-refractivity contribution in [3.05, 3.63) is 101 Å². The quantitative estimate of drug-likeness (QED) is 0.395. The second kappa shape index (κ2) is 12.9. The predicted octanol–water partition coefficient (Wildman–Crippen LogP) is 5.40. The van der Waals surface area contributed by atoms with Crippen molar-refractivity contribution in [2.24, 2.45) is 5.92 Å². The highest BCUT2D eigenvalue weighted by atomic mass is 16.5. The van der Waals surface area contributed by atoms with Gasteiger partial charge in [-0.1, -0.05) is 86.1 Å². The fourth-order valence-corrected chi connectivity index (χ4v) is 3.95. The van der Waals surface area contributed by atoms with Gasteiger partial charge in [0.25, 0.3) is 5.91 Å². The highest BCUT2D eigenvalue weighted by Crippen LogP contribution is 2.20. The lowest BCUT2D eigenvalue weighted by Gasteiger charge is -2.32. The van der Waals surface area contributed by atoms with E-state index in [1.165, 1.54) is 0 Å². The van der Waals surface area contributed by atoms with Crippen LogP contribution in [0.1, 0.15) is 41.7 Å². The number of nitrogens with zero attached hydrogens (tertiary/aromatic N) is 1. The number of hydrogen-bond acceptors (Lipinski definition) is 3. The summed E-state index contributed by atoms with van der Waals surface area (Å²) in [7, 11) is 0. The Labute approximate surface area is 215 Å². The van der Waals surface area contributed by atoms with E-state index in [9.17, 15) is 9.59 Å². The van der Waals surface area contributed by atoms with Crippen LogP contribution in [0.4, 0.5) is 0 Å². The fraction of sp³-hybridized carbons (Fsp3) is 0.355. The molecule has 0 bridgehead atoms. The Kier molecular flexibility index (Phi) is 9.69. The van der Waals surface area contributed by atoms with E-state index < -0.39 is 6.04 Å². The van der Waals surface area contributed by atoms with E-state index >= 15 is 0 Å². The summed E-state index contributed by atoms with van der Waals surface area (Å²) in [6.45, 7) is 10.8. The molecular weight excluding hydrogens is 448 g/mol. The number of carbonyl (C=O) groups is 2. The molecule has 0 fully saturated rings. The van der Waals surface area contributed by atoms with E-state index in [-0.39, 0.29) is 18.4 Å². The summed E-state index contributed by atoms with van der Waals surface area (Å²) in [5, 5.41) is 3.05. The van der Waals surface area contributed by atoms with Crippen LogP contribution in [0, 0.1) is 26.7 Å². The van der Waals surface area contributed by atoms with Crippen molar-refractivity contribution in [3.8, 4) is 5.75 Å². The molecule has 0 aliphatic heterocycles. The van der Waals surface area contributed by atoms with Crippen molar-refractivity contribution in [1.29, 1.82) is 0 Å². The zero-order valence-electron chi connectivity index (χ0n) is 22.1. The van der Waals surface area contributed by atoms with Gasteiger partial charge in [-0.15, -0.1) is 0 Å². The first-order valence-electron chi connectivity index (χ1n) is 12.6. The zero-order valence-corrected chi connectivity index (χ0v) is 22.1. The van der Waals surface area contributed by atoms with Crippen molar-refractivity contribution < 1.29 is 14.3 Å². The first-order valence-corrected chi connectivity index (χ1v) is 12.6. The molecule has 190 valence electrons. The fourth-order valence-electron chi connectivity index (χ4n) is 3.95. The predicted molar refractivity (Wildman–Crippen MR) is 145 cm³/mol. The lowest BCUT2D eigenvalue weighted by molar-refractivity contribution is -0.142. The van der Waals surface area contributed by atoms with Crippen LogP contribution in [0.3, 0.4) is 0 Å². The maximum atomic E-state index is 13.7. The van der Waals surface area contributed by atoms with Crippen molar-refractivity contribution in [1.82, 2.24) is 10.2 Å². The van der Waals surface area contributed by atoms with Crippen molar-refractivity contribution >= 4 is 11.8 Å². The summed E-state index contributed by atoms with van der Waals surface area (Å²) in [5.41, 5.74) is 5.14. The van der Waals surface area contributed by atoms with Crippen LogP contribution in [-0.4, -0.2) is 35.9 Å². The van der Waals surface area contributed by atoms with Crippen LogP contribution in [-0.2, 0) is 22.6 Å². The molecule has 0 heterocycles. The number of hydrogen-bond donors (Lipinski definition) is 1. The van der Waals surface area contributed by atoms with Gasteiger partial charge in [-0.05, 0) is 55.0 Å². The molecule has 3 aromatic rings. The van der Waals surface area contributed by atoms with Crippen molar-refractivity contribution in [2.75, 3.05) is 13.2 Å². The summed E-state index contributed by atoms with van der Waals surface area (Å²) in [6.07, 6.45) is 0.422. The SMILES string of the molecule is Cc1ccc(CN(C(=O)COc2cc(C)ccc2C)C(Cc2ccccc2)C(=O)NCC(C)C)cc1. The number of benzene rings is 3. The lowest BCUT2D eigenvalue weighted by atomic mass is 10.0. The molecule has 1 atom stereocenters. The van der Waals surface area contributed by atoms with Gasteiger partial charge in [-0.25, -0.2) is 0 Å². The Morgan fingerprint density at radius 2 is 1.53 bits per heavy atom. The van der Waals surface area contributed by atoms with Gasteiger partial charge in [0, 0.05) is 19.5 Å². The van der Waals surface area contributed by atoms with Crippen molar-refractivity contribution in [3.63, 3.8) is 0 Å². The molecule has 3 rings (SSSR count). The topological polar surface area (TPSA) is 58.6 Å². The van der Waals surface area contributed by atoms with E-state index in [0.29, 0.717) is 31.2 Å². The van der Waals surface area contributed by atoms with Crippen LogP contribution >= 0.6 is 0 Å². The van der Waals surface area contributed by atoms with Gasteiger partial charge in [0.1, 0.15) is 11.8 Å². The summed E-state index contributed by atoms with van der Waals surface area (Å²) < 4.78 is 5.97. The van der Waals surface area contributed by atoms with Gasteiger partial charge < -0.3 is 15.0 Å². The molecule has 0 saturated heterocycles. The Bertz CT molecular complexity index is 1140. The van der Waals surface area contributed by atoms with Gasteiger partial charge in [0.15, 0.2) is 6.61 Å².